The number of nitrogens with zero attached hydrogens (tertiary/aromatic N) is 5. The van der Waals surface area contributed by atoms with Crippen molar-refractivity contribution in [2.75, 3.05) is 33.7 Å². The second-order valence-corrected chi connectivity index (χ2v) is 8.90. The third-order valence-electron chi connectivity index (χ3n) is 6.23. The van der Waals surface area contributed by atoms with Crippen molar-refractivity contribution < 1.29 is 9.59 Å². The van der Waals surface area contributed by atoms with Gasteiger partial charge in [-0.1, -0.05) is 6.92 Å². The average molecular weight is 429 g/mol. The molecule has 1 saturated heterocycles. The molecule has 168 valence electrons. The van der Waals surface area contributed by atoms with E-state index in [0.29, 0.717) is 43.7 Å². The number of aromatic amines is 1. The van der Waals surface area contributed by atoms with E-state index in [4.69, 9.17) is 4.98 Å². The summed E-state index contributed by atoms with van der Waals surface area (Å²) in [7, 11) is 3.78. The third kappa shape index (κ3) is 4.23. The minimum atomic E-state index is -0.151. The molecule has 1 atom stereocenters. The van der Waals surface area contributed by atoms with Crippen molar-refractivity contribution >= 4 is 17.5 Å². The van der Waals surface area contributed by atoms with Crippen LogP contribution in [0.25, 0.3) is 5.65 Å². The molecule has 2 aliphatic heterocycles. The predicted octanol–water partition coefficient (Wildman–Crippen LogP) is 1.32. The first kappa shape index (κ1) is 21.5. The van der Waals surface area contributed by atoms with E-state index >= 15 is 0 Å². The Labute approximate surface area is 182 Å². The molecule has 4 heterocycles. The van der Waals surface area contributed by atoms with Crippen LogP contribution in [0, 0.1) is 0 Å². The van der Waals surface area contributed by atoms with E-state index in [1.165, 1.54) is 4.52 Å². The largest absolute Gasteiger partial charge is 0.338 e. The number of carbonyl (C=O) groups excluding carboxylic acids is 2. The van der Waals surface area contributed by atoms with Crippen molar-refractivity contribution in [2.24, 2.45) is 0 Å². The number of aromatic nitrogens is 3. The lowest BCUT2D eigenvalue weighted by molar-refractivity contribution is -0.136. The van der Waals surface area contributed by atoms with Crippen LogP contribution in [0.4, 0.5) is 0 Å². The fraction of sp³-hybridized carbons (Fsp3) is 0.636. The normalized spacial score (nSPS) is 19.2. The maximum atomic E-state index is 13.2. The number of carbonyl (C=O) groups is 2. The summed E-state index contributed by atoms with van der Waals surface area (Å²) in [5, 5.41) is 3.22. The van der Waals surface area contributed by atoms with Gasteiger partial charge in [0.15, 0.2) is 5.65 Å². The standard InChI is InChI=1S/C22H32N6O3/c1-4-7-20(29)26-11-9-16-15(13-26)22(31)28-19(23-16)12-17(24-28)18-8-5-6-10-27(18)21(30)14-25(2)3/h12,18,24H,4-11,13-14H2,1-3H3. The van der Waals surface area contributed by atoms with Crippen LogP contribution in [0.15, 0.2) is 10.9 Å². The minimum absolute atomic E-state index is 0.0815. The number of nitrogens with one attached hydrogen (secondary N) is 1. The van der Waals surface area contributed by atoms with Crippen LogP contribution in [-0.4, -0.2) is 74.8 Å². The van der Waals surface area contributed by atoms with Gasteiger partial charge in [0.05, 0.1) is 36.1 Å². The molecule has 4 rings (SSSR count). The van der Waals surface area contributed by atoms with Crippen molar-refractivity contribution in [1.82, 2.24) is 29.3 Å². The van der Waals surface area contributed by atoms with Gasteiger partial charge in [-0.05, 0) is 39.8 Å². The van der Waals surface area contributed by atoms with Gasteiger partial charge in [-0.2, -0.15) is 0 Å². The Morgan fingerprint density at radius 1 is 1.23 bits per heavy atom. The highest BCUT2D eigenvalue weighted by Gasteiger charge is 2.31. The van der Waals surface area contributed by atoms with Gasteiger partial charge in [0.1, 0.15) is 0 Å². The van der Waals surface area contributed by atoms with E-state index in [1.54, 1.807) is 4.90 Å². The number of likely N-dealkylation sites (N-methyl/N-ethyl adjacent to an activating group) is 1. The Hall–Kier alpha value is -2.68. The number of H-pyrrole nitrogens is 1. The molecule has 0 aromatic carbocycles. The van der Waals surface area contributed by atoms with Gasteiger partial charge in [0.25, 0.3) is 5.56 Å². The zero-order valence-corrected chi connectivity index (χ0v) is 18.7. The first-order valence-corrected chi connectivity index (χ1v) is 11.2. The lowest BCUT2D eigenvalue weighted by Gasteiger charge is -2.35. The average Bonchev–Trinajstić information content (AvgIpc) is 3.17. The molecule has 1 fully saturated rings. The van der Waals surface area contributed by atoms with Crippen LogP contribution in [-0.2, 0) is 22.6 Å². The number of hydrogen-bond donors (Lipinski definition) is 1. The van der Waals surface area contributed by atoms with Gasteiger partial charge in [-0.15, -0.1) is 0 Å². The van der Waals surface area contributed by atoms with Gasteiger partial charge >= 0.3 is 0 Å². The number of hydrogen-bond acceptors (Lipinski definition) is 5. The van der Waals surface area contributed by atoms with Crippen molar-refractivity contribution in [1.29, 1.82) is 0 Å². The van der Waals surface area contributed by atoms with Crippen molar-refractivity contribution in [3.63, 3.8) is 0 Å². The molecule has 0 bridgehead atoms. The van der Waals surface area contributed by atoms with E-state index in [2.05, 4.69) is 5.10 Å². The smallest absolute Gasteiger partial charge is 0.277 e. The number of piperidine rings is 1. The summed E-state index contributed by atoms with van der Waals surface area (Å²) in [6, 6.07) is 1.82. The molecule has 1 N–H and O–H groups in total. The van der Waals surface area contributed by atoms with Gasteiger partial charge in [-0.3, -0.25) is 19.5 Å². The topological polar surface area (TPSA) is 94.0 Å². The highest BCUT2D eigenvalue weighted by atomic mass is 16.2. The molecule has 2 amide bonds. The van der Waals surface area contributed by atoms with E-state index in [1.807, 2.05) is 36.9 Å². The Morgan fingerprint density at radius 2 is 2.03 bits per heavy atom. The molecule has 31 heavy (non-hydrogen) atoms. The first-order chi connectivity index (χ1) is 14.9. The van der Waals surface area contributed by atoms with Crippen LogP contribution < -0.4 is 5.56 Å². The highest BCUT2D eigenvalue weighted by Crippen LogP contribution is 2.30. The summed E-state index contributed by atoms with van der Waals surface area (Å²) >= 11 is 0. The molecule has 1 unspecified atom stereocenters. The predicted molar refractivity (Wildman–Crippen MR) is 117 cm³/mol. The minimum Gasteiger partial charge on any atom is -0.338 e. The maximum absolute atomic E-state index is 13.2. The number of rotatable bonds is 5. The van der Waals surface area contributed by atoms with Gasteiger partial charge < -0.3 is 14.7 Å². The molecule has 0 radical (unpaired) electrons. The van der Waals surface area contributed by atoms with Gasteiger partial charge in [0.2, 0.25) is 11.8 Å². The fourth-order valence-corrected chi connectivity index (χ4v) is 4.67. The molecule has 0 aliphatic carbocycles. The highest BCUT2D eigenvalue weighted by molar-refractivity contribution is 5.79. The fourth-order valence-electron chi connectivity index (χ4n) is 4.67. The monoisotopic (exact) mass is 428 g/mol. The third-order valence-corrected chi connectivity index (χ3v) is 6.23. The summed E-state index contributed by atoms with van der Waals surface area (Å²) in [6.07, 6.45) is 4.77. The Bertz CT molecular complexity index is 1040. The molecule has 2 aliphatic rings. The molecular formula is C22H32N6O3. The first-order valence-electron chi connectivity index (χ1n) is 11.2. The Kier molecular flexibility index (Phi) is 6.13. The lowest BCUT2D eigenvalue weighted by Crippen LogP contribution is -2.43. The molecule has 9 heteroatoms. The SMILES string of the molecule is CCCC(=O)N1CCc2nc3cc(C4CCCCN4C(=O)CN(C)C)[nH]n3c(=O)c2C1. The molecule has 2 aromatic rings. The molecule has 2 aromatic heterocycles. The summed E-state index contributed by atoms with van der Waals surface area (Å²) in [5.74, 6) is 0.181. The second-order valence-electron chi connectivity index (χ2n) is 8.90. The van der Waals surface area contributed by atoms with Gasteiger partial charge in [0, 0.05) is 32.0 Å². The molecule has 0 saturated carbocycles. The molecular weight excluding hydrogens is 396 g/mol. The summed E-state index contributed by atoms with van der Waals surface area (Å²) < 4.78 is 1.48. The van der Waals surface area contributed by atoms with Crippen LogP contribution in [0.5, 0.6) is 0 Å². The van der Waals surface area contributed by atoms with E-state index in [-0.39, 0.29) is 23.4 Å². The van der Waals surface area contributed by atoms with Crippen LogP contribution >= 0.6 is 0 Å². The zero-order chi connectivity index (χ0) is 22.1. The van der Waals surface area contributed by atoms with Crippen molar-refractivity contribution in [3.8, 4) is 0 Å². The van der Waals surface area contributed by atoms with Crippen molar-refractivity contribution in [3.05, 3.63) is 33.4 Å². The van der Waals surface area contributed by atoms with Gasteiger partial charge in [-0.25, -0.2) is 9.50 Å². The van der Waals surface area contributed by atoms with Crippen LogP contribution in [0.1, 0.15) is 62.0 Å². The van der Waals surface area contributed by atoms with E-state index in [0.717, 1.165) is 43.6 Å². The summed E-state index contributed by atoms with van der Waals surface area (Å²) in [5.41, 5.74) is 2.64. The second kappa shape index (κ2) is 8.82. The Balaban J connectivity index is 1.66. The molecule has 0 spiro atoms. The summed E-state index contributed by atoms with van der Waals surface area (Å²) in [6.45, 7) is 3.98. The number of fused-ring (bicyclic) bond motifs is 2. The van der Waals surface area contributed by atoms with Crippen LogP contribution in [0.3, 0.4) is 0 Å². The van der Waals surface area contributed by atoms with Crippen LogP contribution in [0.2, 0.25) is 0 Å². The summed E-state index contributed by atoms with van der Waals surface area (Å²) in [4.78, 5) is 48.6. The van der Waals surface area contributed by atoms with Crippen molar-refractivity contribution in [2.45, 2.75) is 58.0 Å². The quantitative estimate of drug-likeness (QED) is 0.775. The number of likely N-dealkylation sites (tertiary alicyclic amines) is 1. The zero-order valence-electron chi connectivity index (χ0n) is 18.7. The van der Waals surface area contributed by atoms with E-state index in [9.17, 15) is 14.4 Å². The molecule has 9 nitrogen and oxygen atoms in total. The Morgan fingerprint density at radius 3 is 2.77 bits per heavy atom. The maximum Gasteiger partial charge on any atom is 0.277 e. The lowest BCUT2D eigenvalue weighted by atomic mass is 9.99. The number of amides is 2. The van der Waals surface area contributed by atoms with E-state index < -0.39 is 0 Å².